The molecule has 0 saturated carbocycles. The van der Waals surface area contributed by atoms with Gasteiger partial charge in [0.15, 0.2) is 0 Å². The van der Waals surface area contributed by atoms with Crippen LogP contribution in [-0.2, 0) is 20.7 Å². The Morgan fingerprint density at radius 3 is 2.29 bits per heavy atom. The molecular formula is C12H17NO4. The highest BCUT2D eigenvalue weighted by molar-refractivity contribution is 5.67. The second-order valence-corrected chi connectivity index (χ2v) is 3.17. The number of carbonyl (C=O) groups excluding carboxylic acids is 1. The first-order valence-electron chi connectivity index (χ1n) is 5.30. The zero-order chi connectivity index (χ0) is 13.1. The fourth-order valence-corrected chi connectivity index (χ4v) is 1.00. The van der Waals surface area contributed by atoms with Gasteiger partial charge in [0.25, 0.3) is 0 Å². The summed E-state index contributed by atoms with van der Waals surface area (Å²) in [6.07, 6.45) is 4.09. The third-order valence-electron chi connectivity index (χ3n) is 1.72. The maximum atomic E-state index is 10.2. The molecule has 5 nitrogen and oxygen atoms in total. The summed E-state index contributed by atoms with van der Waals surface area (Å²) < 4.78 is 4.40. The number of ether oxygens (including phenoxy) is 1. The zero-order valence-electron chi connectivity index (χ0n) is 10.0. The Morgan fingerprint density at radius 2 is 1.94 bits per heavy atom. The summed E-state index contributed by atoms with van der Waals surface area (Å²) >= 11 is 0. The lowest BCUT2D eigenvalue weighted by Gasteiger charge is -1.95. The molecule has 1 aromatic heterocycles. The molecule has 0 fully saturated rings. The molecule has 0 bridgehead atoms. The number of carboxylic acids is 1. The Bertz CT molecular complexity index is 338. The van der Waals surface area contributed by atoms with E-state index in [1.807, 2.05) is 12.1 Å². The standard InChI is InChI=1S/C8H9NO2.C4H8O2/c10-8(11)2-1-7-3-5-9-6-4-7;1-3-6-4(2)5/h3-6H,1-2H2,(H,10,11);3H2,1-2H3. The molecule has 0 radical (unpaired) electrons. The van der Waals surface area contributed by atoms with Gasteiger partial charge in [-0.3, -0.25) is 14.6 Å². The number of carboxylic acid groups (broad SMARTS) is 1. The van der Waals surface area contributed by atoms with Crippen LogP contribution in [-0.4, -0.2) is 28.6 Å². The highest BCUT2D eigenvalue weighted by atomic mass is 16.5. The molecule has 0 unspecified atom stereocenters. The largest absolute Gasteiger partial charge is 0.481 e. The summed E-state index contributed by atoms with van der Waals surface area (Å²) in [4.78, 5) is 23.8. The van der Waals surface area contributed by atoms with Crippen LogP contribution >= 0.6 is 0 Å². The molecule has 5 heteroatoms. The van der Waals surface area contributed by atoms with E-state index in [9.17, 15) is 9.59 Å². The number of aliphatic carboxylic acids is 1. The molecular weight excluding hydrogens is 222 g/mol. The van der Waals surface area contributed by atoms with Crippen LogP contribution in [0, 0.1) is 0 Å². The first-order valence-corrected chi connectivity index (χ1v) is 5.30. The van der Waals surface area contributed by atoms with Gasteiger partial charge in [-0.1, -0.05) is 0 Å². The molecule has 0 atom stereocenters. The summed E-state index contributed by atoms with van der Waals surface area (Å²) in [6.45, 7) is 3.65. The molecule has 1 N–H and O–H groups in total. The summed E-state index contributed by atoms with van der Waals surface area (Å²) in [5.74, 6) is -0.973. The minimum absolute atomic E-state index is 0.185. The van der Waals surface area contributed by atoms with Gasteiger partial charge in [-0.2, -0.15) is 0 Å². The predicted octanol–water partition coefficient (Wildman–Crippen LogP) is 1.67. The van der Waals surface area contributed by atoms with Crippen molar-refractivity contribution in [2.75, 3.05) is 6.61 Å². The van der Waals surface area contributed by atoms with Crippen LogP contribution in [0.4, 0.5) is 0 Å². The first-order chi connectivity index (χ1) is 8.06. The van der Waals surface area contributed by atoms with E-state index >= 15 is 0 Å². The van der Waals surface area contributed by atoms with E-state index < -0.39 is 5.97 Å². The van der Waals surface area contributed by atoms with Crippen LogP contribution in [0.15, 0.2) is 24.5 Å². The molecule has 1 aromatic rings. The Morgan fingerprint density at radius 1 is 1.35 bits per heavy atom. The number of aryl methyl sites for hydroxylation is 1. The van der Waals surface area contributed by atoms with Crippen molar-refractivity contribution in [3.8, 4) is 0 Å². The SMILES string of the molecule is CCOC(C)=O.O=C(O)CCc1ccncc1. The maximum Gasteiger partial charge on any atom is 0.303 e. The molecule has 0 amide bonds. The summed E-state index contributed by atoms with van der Waals surface area (Å²) in [6, 6.07) is 3.64. The maximum absolute atomic E-state index is 10.2. The van der Waals surface area contributed by atoms with Gasteiger partial charge in [-0.15, -0.1) is 0 Å². The molecule has 0 aliphatic rings. The Kier molecular flexibility index (Phi) is 8.28. The average molecular weight is 239 g/mol. The third kappa shape index (κ3) is 10.4. The van der Waals surface area contributed by atoms with Gasteiger partial charge in [-0.25, -0.2) is 0 Å². The number of hydrogen-bond donors (Lipinski definition) is 1. The van der Waals surface area contributed by atoms with Gasteiger partial charge in [0, 0.05) is 25.7 Å². The van der Waals surface area contributed by atoms with Crippen molar-refractivity contribution in [1.82, 2.24) is 4.98 Å². The second kappa shape index (κ2) is 9.33. The van der Waals surface area contributed by atoms with Crippen LogP contribution in [0.3, 0.4) is 0 Å². The molecule has 0 aliphatic carbocycles. The fourth-order valence-electron chi connectivity index (χ4n) is 1.00. The van der Waals surface area contributed by atoms with Crippen molar-refractivity contribution in [2.45, 2.75) is 26.7 Å². The lowest BCUT2D eigenvalue weighted by molar-refractivity contribution is -0.140. The molecule has 1 rings (SSSR count). The lowest BCUT2D eigenvalue weighted by atomic mass is 10.1. The topological polar surface area (TPSA) is 76.5 Å². The summed E-state index contributed by atoms with van der Waals surface area (Å²) in [5, 5.41) is 8.36. The lowest BCUT2D eigenvalue weighted by Crippen LogP contribution is -1.96. The molecule has 0 aromatic carbocycles. The second-order valence-electron chi connectivity index (χ2n) is 3.17. The first kappa shape index (κ1) is 15.1. The van der Waals surface area contributed by atoms with Crippen molar-refractivity contribution in [2.24, 2.45) is 0 Å². The number of rotatable bonds is 4. The number of nitrogens with zero attached hydrogens (tertiary/aromatic N) is 1. The number of hydrogen-bond acceptors (Lipinski definition) is 4. The van der Waals surface area contributed by atoms with Gasteiger partial charge in [0.1, 0.15) is 0 Å². The molecule has 1 heterocycles. The van der Waals surface area contributed by atoms with Gasteiger partial charge < -0.3 is 9.84 Å². The van der Waals surface area contributed by atoms with Crippen LogP contribution < -0.4 is 0 Å². The van der Waals surface area contributed by atoms with E-state index in [1.165, 1.54) is 6.92 Å². The van der Waals surface area contributed by atoms with Crippen LogP contribution in [0.2, 0.25) is 0 Å². The highest BCUT2D eigenvalue weighted by Gasteiger charge is 1.96. The quantitative estimate of drug-likeness (QED) is 0.809. The number of esters is 1. The third-order valence-corrected chi connectivity index (χ3v) is 1.72. The molecule has 17 heavy (non-hydrogen) atoms. The van der Waals surface area contributed by atoms with Crippen molar-refractivity contribution >= 4 is 11.9 Å². The summed E-state index contributed by atoms with van der Waals surface area (Å²) in [7, 11) is 0. The van der Waals surface area contributed by atoms with E-state index in [0.717, 1.165) is 5.56 Å². The summed E-state index contributed by atoms with van der Waals surface area (Å²) in [5.41, 5.74) is 1.02. The fraction of sp³-hybridized carbons (Fsp3) is 0.417. The molecule has 0 spiro atoms. The minimum atomic E-state index is -0.762. The van der Waals surface area contributed by atoms with Gasteiger partial charge >= 0.3 is 11.9 Å². The number of pyridine rings is 1. The smallest absolute Gasteiger partial charge is 0.303 e. The Balaban J connectivity index is 0.000000366. The molecule has 0 saturated heterocycles. The molecule has 94 valence electrons. The van der Waals surface area contributed by atoms with Crippen molar-refractivity contribution in [3.63, 3.8) is 0 Å². The van der Waals surface area contributed by atoms with Crippen LogP contribution in [0.1, 0.15) is 25.8 Å². The number of carbonyl (C=O) groups is 2. The Hall–Kier alpha value is -1.91. The van der Waals surface area contributed by atoms with Crippen LogP contribution in [0.5, 0.6) is 0 Å². The minimum Gasteiger partial charge on any atom is -0.481 e. The predicted molar refractivity (Wildman–Crippen MR) is 62.5 cm³/mol. The van der Waals surface area contributed by atoms with E-state index in [0.29, 0.717) is 13.0 Å². The van der Waals surface area contributed by atoms with Gasteiger partial charge in [0.2, 0.25) is 0 Å². The van der Waals surface area contributed by atoms with E-state index in [2.05, 4.69) is 9.72 Å². The highest BCUT2D eigenvalue weighted by Crippen LogP contribution is 1.99. The Labute approximate surface area is 100 Å². The zero-order valence-corrected chi connectivity index (χ0v) is 10.0. The van der Waals surface area contributed by atoms with Crippen molar-refractivity contribution in [1.29, 1.82) is 0 Å². The van der Waals surface area contributed by atoms with Crippen molar-refractivity contribution < 1.29 is 19.4 Å². The number of aromatic nitrogens is 1. The van der Waals surface area contributed by atoms with E-state index in [1.54, 1.807) is 19.3 Å². The van der Waals surface area contributed by atoms with Gasteiger partial charge in [-0.05, 0) is 31.0 Å². The van der Waals surface area contributed by atoms with E-state index in [-0.39, 0.29) is 12.4 Å². The molecule has 0 aliphatic heterocycles. The normalized spacial score (nSPS) is 8.82. The monoisotopic (exact) mass is 239 g/mol. The average Bonchev–Trinajstić information content (AvgIpc) is 2.28. The van der Waals surface area contributed by atoms with E-state index in [4.69, 9.17) is 5.11 Å². The van der Waals surface area contributed by atoms with Crippen molar-refractivity contribution in [3.05, 3.63) is 30.1 Å². The van der Waals surface area contributed by atoms with Gasteiger partial charge in [0.05, 0.1) is 6.61 Å². The van der Waals surface area contributed by atoms with Crippen LogP contribution in [0.25, 0.3) is 0 Å².